The zero-order valence-corrected chi connectivity index (χ0v) is 13.4. The molecule has 0 spiro atoms. The Morgan fingerprint density at radius 1 is 1.33 bits per heavy atom. The number of hydrogen-bond donors (Lipinski definition) is 1. The molecule has 24 heavy (non-hydrogen) atoms. The van der Waals surface area contributed by atoms with Crippen LogP contribution in [0, 0.1) is 18.6 Å². The number of aromatic nitrogens is 1. The number of nitrogens with zero attached hydrogens (tertiary/aromatic N) is 1. The quantitative estimate of drug-likeness (QED) is 0.847. The monoisotopic (exact) mass is 338 g/mol. The average molecular weight is 338 g/mol. The second-order valence-electron chi connectivity index (χ2n) is 5.41. The van der Waals surface area contributed by atoms with Gasteiger partial charge in [-0.1, -0.05) is 19.0 Å². The predicted octanol–water partition coefficient (Wildman–Crippen LogP) is 3.18. The highest BCUT2D eigenvalue weighted by atomic mass is 19.1. The summed E-state index contributed by atoms with van der Waals surface area (Å²) < 4.78 is 36.2. The zero-order chi connectivity index (χ0) is 17.9. The minimum atomic E-state index is -0.924. The number of benzene rings is 1. The van der Waals surface area contributed by atoms with E-state index in [2.05, 4.69) is 10.5 Å². The largest absolute Gasteiger partial charge is 0.452 e. The van der Waals surface area contributed by atoms with E-state index < -0.39 is 30.1 Å². The van der Waals surface area contributed by atoms with Crippen LogP contribution in [-0.4, -0.2) is 23.6 Å². The van der Waals surface area contributed by atoms with Gasteiger partial charge >= 0.3 is 5.97 Å². The number of anilines is 1. The van der Waals surface area contributed by atoms with Crippen molar-refractivity contribution in [2.45, 2.75) is 26.7 Å². The van der Waals surface area contributed by atoms with Crippen molar-refractivity contribution < 1.29 is 27.6 Å². The number of rotatable bonds is 5. The molecule has 0 radical (unpaired) electrons. The van der Waals surface area contributed by atoms with Crippen LogP contribution in [0.25, 0.3) is 0 Å². The van der Waals surface area contributed by atoms with Crippen molar-refractivity contribution in [3.8, 4) is 0 Å². The van der Waals surface area contributed by atoms with Crippen LogP contribution in [0.5, 0.6) is 0 Å². The number of carbonyl (C=O) groups is 2. The highest BCUT2D eigenvalue weighted by Gasteiger charge is 2.24. The van der Waals surface area contributed by atoms with Crippen molar-refractivity contribution in [1.29, 1.82) is 0 Å². The first-order valence-electron chi connectivity index (χ1n) is 7.17. The Labute approximate surface area is 136 Å². The molecule has 6 nitrogen and oxygen atoms in total. The van der Waals surface area contributed by atoms with E-state index in [4.69, 9.17) is 9.26 Å². The molecule has 0 aliphatic carbocycles. The first-order valence-corrected chi connectivity index (χ1v) is 7.17. The molecule has 0 atom stereocenters. The van der Waals surface area contributed by atoms with Gasteiger partial charge in [0.15, 0.2) is 12.4 Å². The predicted molar refractivity (Wildman–Crippen MR) is 80.6 cm³/mol. The summed E-state index contributed by atoms with van der Waals surface area (Å²) in [6.07, 6.45) is 0. The lowest BCUT2D eigenvalue weighted by Crippen LogP contribution is -2.22. The van der Waals surface area contributed by atoms with Gasteiger partial charge in [0.1, 0.15) is 17.2 Å². The molecule has 2 rings (SSSR count). The van der Waals surface area contributed by atoms with Crippen molar-refractivity contribution in [1.82, 2.24) is 5.16 Å². The van der Waals surface area contributed by atoms with Gasteiger partial charge in [-0.2, -0.15) is 0 Å². The first-order chi connectivity index (χ1) is 11.3. The molecule has 1 amide bonds. The maximum Gasteiger partial charge on any atom is 0.344 e. The Kier molecular flexibility index (Phi) is 5.28. The average Bonchev–Trinajstić information content (AvgIpc) is 2.90. The van der Waals surface area contributed by atoms with Gasteiger partial charge in [-0.25, -0.2) is 13.6 Å². The highest BCUT2D eigenvalue weighted by molar-refractivity contribution is 5.96. The number of ether oxygens (including phenoxy) is 1. The summed E-state index contributed by atoms with van der Waals surface area (Å²) in [6.45, 7) is 4.60. The fraction of sp³-hybridized carbons (Fsp3) is 0.312. The molecule has 0 saturated carbocycles. The van der Waals surface area contributed by atoms with E-state index in [1.807, 2.05) is 13.8 Å². The lowest BCUT2D eigenvalue weighted by Gasteiger charge is -2.08. The van der Waals surface area contributed by atoms with E-state index in [0.29, 0.717) is 17.5 Å². The molecule has 1 N–H and O–H groups in total. The Balaban J connectivity index is 1.99. The summed E-state index contributed by atoms with van der Waals surface area (Å²) in [5.74, 6) is -2.92. The Bertz CT molecular complexity index is 771. The topological polar surface area (TPSA) is 81.4 Å². The van der Waals surface area contributed by atoms with Gasteiger partial charge in [-0.3, -0.25) is 4.79 Å². The SMILES string of the molecule is Cc1noc(C(C)C)c1C(=O)OCC(=O)Nc1ccc(F)cc1F. The van der Waals surface area contributed by atoms with Crippen LogP contribution >= 0.6 is 0 Å². The molecule has 1 aromatic heterocycles. The summed E-state index contributed by atoms with van der Waals surface area (Å²) in [6, 6.07) is 2.71. The normalized spacial score (nSPS) is 10.8. The Morgan fingerprint density at radius 3 is 2.67 bits per heavy atom. The third-order valence-electron chi connectivity index (χ3n) is 3.16. The minimum absolute atomic E-state index is 0.0871. The molecule has 2 aromatic rings. The summed E-state index contributed by atoms with van der Waals surface area (Å²) in [7, 11) is 0. The van der Waals surface area contributed by atoms with Crippen LogP contribution in [0.4, 0.5) is 14.5 Å². The highest BCUT2D eigenvalue weighted by Crippen LogP contribution is 2.23. The molecule has 1 aromatic carbocycles. The van der Waals surface area contributed by atoms with E-state index in [-0.39, 0.29) is 17.2 Å². The van der Waals surface area contributed by atoms with Crippen molar-refractivity contribution in [2.24, 2.45) is 0 Å². The molecule has 0 saturated heterocycles. The molecule has 0 bridgehead atoms. The number of nitrogens with one attached hydrogen (secondary N) is 1. The number of esters is 1. The molecule has 128 valence electrons. The van der Waals surface area contributed by atoms with Crippen molar-refractivity contribution in [3.05, 3.63) is 46.9 Å². The van der Waals surface area contributed by atoms with Crippen LogP contribution in [0.2, 0.25) is 0 Å². The lowest BCUT2D eigenvalue weighted by atomic mass is 10.1. The Hall–Kier alpha value is -2.77. The first kappa shape index (κ1) is 17.6. The molecular weight excluding hydrogens is 322 g/mol. The standard InChI is InChI=1S/C16H16F2N2O4/c1-8(2)15-14(9(3)20-24-15)16(22)23-7-13(21)19-12-5-4-10(17)6-11(12)18/h4-6,8H,7H2,1-3H3,(H,19,21). The molecule has 0 fully saturated rings. The van der Waals surface area contributed by atoms with Gasteiger partial charge in [0, 0.05) is 12.0 Å². The van der Waals surface area contributed by atoms with Crippen LogP contribution in [0.1, 0.15) is 41.6 Å². The molecule has 1 heterocycles. The molecule has 8 heteroatoms. The van der Waals surface area contributed by atoms with Gasteiger partial charge < -0.3 is 14.6 Å². The summed E-state index contributed by atoms with van der Waals surface area (Å²) in [4.78, 5) is 23.8. The number of hydrogen-bond acceptors (Lipinski definition) is 5. The fourth-order valence-corrected chi connectivity index (χ4v) is 2.01. The van der Waals surface area contributed by atoms with Crippen molar-refractivity contribution >= 4 is 17.6 Å². The van der Waals surface area contributed by atoms with Crippen molar-refractivity contribution in [2.75, 3.05) is 11.9 Å². The van der Waals surface area contributed by atoms with E-state index in [0.717, 1.165) is 12.1 Å². The molecular formula is C16H16F2N2O4. The van der Waals surface area contributed by atoms with Gasteiger partial charge in [0.05, 0.1) is 11.4 Å². The maximum atomic E-state index is 13.4. The summed E-state index contributed by atoms with van der Waals surface area (Å²) >= 11 is 0. The Morgan fingerprint density at radius 2 is 2.04 bits per heavy atom. The maximum absolute atomic E-state index is 13.4. The van der Waals surface area contributed by atoms with Crippen LogP contribution < -0.4 is 5.32 Å². The van der Waals surface area contributed by atoms with Crippen molar-refractivity contribution in [3.63, 3.8) is 0 Å². The number of amides is 1. The lowest BCUT2D eigenvalue weighted by molar-refractivity contribution is -0.119. The summed E-state index contributed by atoms with van der Waals surface area (Å²) in [5.41, 5.74) is 0.320. The third kappa shape index (κ3) is 3.95. The van der Waals surface area contributed by atoms with Gasteiger partial charge in [-0.15, -0.1) is 0 Å². The van der Waals surface area contributed by atoms with Crippen LogP contribution in [0.15, 0.2) is 22.7 Å². The minimum Gasteiger partial charge on any atom is -0.452 e. The smallest absolute Gasteiger partial charge is 0.344 e. The second kappa shape index (κ2) is 7.20. The zero-order valence-electron chi connectivity index (χ0n) is 13.4. The number of carbonyl (C=O) groups excluding carboxylic acids is 2. The molecule has 0 aliphatic rings. The second-order valence-corrected chi connectivity index (χ2v) is 5.41. The number of halogens is 2. The fourth-order valence-electron chi connectivity index (χ4n) is 2.01. The van der Waals surface area contributed by atoms with Gasteiger partial charge in [0.2, 0.25) is 0 Å². The molecule has 0 unspecified atom stereocenters. The van der Waals surface area contributed by atoms with E-state index in [1.54, 1.807) is 6.92 Å². The van der Waals surface area contributed by atoms with Crippen LogP contribution in [0.3, 0.4) is 0 Å². The summed E-state index contributed by atoms with van der Waals surface area (Å²) in [5, 5.41) is 5.91. The number of aryl methyl sites for hydroxylation is 1. The van der Waals surface area contributed by atoms with E-state index in [1.165, 1.54) is 0 Å². The van der Waals surface area contributed by atoms with E-state index in [9.17, 15) is 18.4 Å². The van der Waals surface area contributed by atoms with Gasteiger partial charge in [-0.05, 0) is 19.1 Å². The van der Waals surface area contributed by atoms with Crippen LogP contribution in [-0.2, 0) is 9.53 Å². The third-order valence-corrected chi connectivity index (χ3v) is 3.16. The van der Waals surface area contributed by atoms with Gasteiger partial charge in [0.25, 0.3) is 5.91 Å². The molecule has 0 aliphatic heterocycles. The van der Waals surface area contributed by atoms with E-state index >= 15 is 0 Å².